The van der Waals surface area contributed by atoms with Crippen molar-refractivity contribution >= 4 is 17.5 Å². The summed E-state index contributed by atoms with van der Waals surface area (Å²) in [6.45, 7) is 6.10. The smallest absolute Gasteiger partial charge is 0.227 e. The number of halogens is 1. The predicted molar refractivity (Wildman–Crippen MR) is 82.7 cm³/mol. The molecule has 4 saturated carbocycles. The van der Waals surface area contributed by atoms with Gasteiger partial charge < -0.3 is 5.32 Å². The molecular weight excluding hydrogens is 270 g/mol. The molecule has 4 aliphatic carbocycles. The Kier molecular flexibility index (Phi) is 3.60. The maximum absolute atomic E-state index is 12.4. The highest BCUT2D eigenvalue weighted by molar-refractivity contribution is 6.19. The Bertz CT molecular complexity index is 369. The normalized spacial score (nSPS) is 40.7. The van der Waals surface area contributed by atoms with Crippen LogP contribution in [0.15, 0.2) is 0 Å². The van der Waals surface area contributed by atoms with Crippen LogP contribution in [-0.4, -0.2) is 17.8 Å². The highest BCUT2D eigenvalue weighted by Gasteiger charge is 2.53. The molecule has 0 aromatic heterocycles. The van der Waals surface area contributed by atoms with Gasteiger partial charge in [-0.05, 0) is 82.5 Å². The van der Waals surface area contributed by atoms with Gasteiger partial charge in [-0.2, -0.15) is 0 Å². The molecule has 0 aliphatic heterocycles. The second kappa shape index (κ2) is 4.90. The van der Waals surface area contributed by atoms with Crippen LogP contribution >= 0.6 is 11.6 Å². The quantitative estimate of drug-likeness (QED) is 0.782. The highest BCUT2D eigenvalue weighted by atomic mass is 35.5. The van der Waals surface area contributed by atoms with Gasteiger partial charge in [-0.15, -0.1) is 11.6 Å². The summed E-state index contributed by atoms with van der Waals surface area (Å²) in [7, 11) is 0. The van der Waals surface area contributed by atoms with E-state index in [0.717, 1.165) is 17.8 Å². The molecule has 0 saturated heterocycles. The lowest BCUT2D eigenvalue weighted by atomic mass is 9.48. The molecule has 114 valence electrons. The largest absolute Gasteiger partial charge is 0.353 e. The molecule has 1 N–H and O–H groups in total. The molecule has 0 aromatic carbocycles. The van der Waals surface area contributed by atoms with Gasteiger partial charge in [-0.25, -0.2) is 0 Å². The van der Waals surface area contributed by atoms with Crippen LogP contribution in [0.1, 0.15) is 59.3 Å². The molecule has 20 heavy (non-hydrogen) atoms. The molecule has 0 aromatic rings. The molecule has 2 nitrogen and oxygen atoms in total. The van der Waals surface area contributed by atoms with Gasteiger partial charge in [-0.1, -0.05) is 0 Å². The minimum Gasteiger partial charge on any atom is -0.353 e. The number of hydrogen-bond donors (Lipinski definition) is 1. The molecule has 1 amide bonds. The van der Waals surface area contributed by atoms with E-state index < -0.39 is 5.41 Å². The van der Waals surface area contributed by atoms with E-state index >= 15 is 0 Å². The minimum atomic E-state index is -0.460. The first-order valence-electron chi connectivity index (χ1n) is 8.21. The standard InChI is InChI=1S/C17H28ClNO/c1-11(19-15(20)16(2,3)10-18)17-7-12-4-13(8-17)6-14(5-12)9-17/h11-14H,4-10H2,1-3H3,(H,19,20). The third kappa shape index (κ3) is 2.38. The SMILES string of the molecule is CC(NC(=O)C(C)(C)CCl)C12CC3CC(CC(C3)C1)C2. The highest BCUT2D eigenvalue weighted by Crippen LogP contribution is 2.61. The Morgan fingerprint density at radius 3 is 2.05 bits per heavy atom. The third-order valence-corrected chi connectivity index (χ3v) is 6.97. The van der Waals surface area contributed by atoms with Crippen molar-refractivity contribution < 1.29 is 4.79 Å². The Hall–Kier alpha value is -0.240. The average molecular weight is 298 g/mol. The lowest BCUT2D eigenvalue weighted by molar-refractivity contribution is -0.133. The van der Waals surface area contributed by atoms with E-state index in [-0.39, 0.29) is 5.91 Å². The van der Waals surface area contributed by atoms with Crippen molar-refractivity contribution in [2.45, 2.75) is 65.3 Å². The van der Waals surface area contributed by atoms with E-state index in [9.17, 15) is 4.79 Å². The van der Waals surface area contributed by atoms with Crippen LogP contribution in [0, 0.1) is 28.6 Å². The van der Waals surface area contributed by atoms with Gasteiger partial charge in [0.25, 0.3) is 0 Å². The number of amides is 1. The lowest BCUT2D eigenvalue weighted by Crippen LogP contribution is -2.57. The second-order valence-electron chi connectivity index (χ2n) is 8.49. The zero-order valence-corrected chi connectivity index (χ0v) is 13.8. The first-order chi connectivity index (χ1) is 9.34. The van der Waals surface area contributed by atoms with E-state index in [1.807, 2.05) is 13.8 Å². The van der Waals surface area contributed by atoms with Gasteiger partial charge in [0.1, 0.15) is 0 Å². The Morgan fingerprint density at radius 1 is 1.20 bits per heavy atom. The molecule has 4 bridgehead atoms. The molecule has 0 heterocycles. The summed E-state index contributed by atoms with van der Waals surface area (Å²) in [5.41, 5.74) is -0.0785. The van der Waals surface area contributed by atoms with Crippen LogP contribution < -0.4 is 5.32 Å². The first-order valence-corrected chi connectivity index (χ1v) is 8.75. The van der Waals surface area contributed by atoms with E-state index in [2.05, 4.69) is 12.2 Å². The molecule has 4 rings (SSSR count). The zero-order valence-electron chi connectivity index (χ0n) is 13.0. The van der Waals surface area contributed by atoms with Crippen molar-refractivity contribution in [3.05, 3.63) is 0 Å². The van der Waals surface area contributed by atoms with Crippen LogP contribution in [0.2, 0.25) is 0 Å². The number of hydrogen-bond acceptors (Lipinski definition) is 1. The van der Waals surface area contributed by atoms with Gasteiger partial charge in [-0.3, -0.25) is 4.79 Å². The van der Waals surface area contributed by atoms with E-state index in [1.165, 1.54) is 38.5 Å². The maximum Gasteiger partial charge on any atom is 0.227 e. The summed E-state index contributed by atoms with van der Waals surface area (Å²) in [4.78, 5) is 12.4. The minimum absolute atomic E-state index is 0.121. The molecule has 3 heteroatoms. The van der Waals surface area contributed by atoms with Crippen molar-refractivity contribution in [3.63, 3.8) is 0 Å². The van der Waals surface area contributed by atoms with E-state index in [4.69, 9.17) is 11.6 Å². The Balaban J connectivity index is 1.71. The van der Waals surface area contributed by atoms with Crippen molar-refractivity contribution in [3.8, 4) is 0 Å². The molecule has 1 atom stereocenters. The third-order valence-electron chi connectivity index (χ3n) is 6.30. The number of carbonyl (C=O) groups is 1. The van der Waals surface area contributed by atoms with Crippen LogP contribution in [-0.2, 0) is 4.79 Å². The fraction of sp³-hybridized carbons (Fsp3) is 0.941. The number of carbonyl (C=O) groups excluding carboxylic acids is 1. The topological polar surface area (TPSA) is 29.1 Å². The Morgan fingerprint density at radius 2 is 1.65 bits per heavy atom. The maximum atomic E-state index is 12.4. The second-order valence-corrected chi connectivity index (χ2v) is 8.76. The van der Waals surface area contributed by atoms with Crippen molar-refractivity contribution in [2.75, 3.05) is 5.88 Å². The molecule has 4 aliphatic rings. The van der Waals surface area contributed by atoms with Crippen LogP contribution in [0.25, 0.3) is 0 Å². The molecular formula is C17H28ClNO. The van der Waals surface area contributed by atoms with E-state index in [0.29, 0.717) is 17.3 Å². The molecule has 0 radical (unpaired) electrons. The average Bonchev–Trinajstić information content (AvgIpc) is 2.36. The number of nitrogens with one attached hydrogen (secondary N) is 1. The van der Waals surface area contributed by atoms with Crippen molar-refractivity contribution in [2.24, 2.45) is 28.6 Å². The van der Waals surface area contributed by atoms with Gasteiger partial charge in [0, 0.05) is 11.9 Å². The molecule has 4 fully saturated rings. The van der Waals surface area contributed by atoms with Crippen molar-refractivity contribution in [1.29, 1.82) is 0 Å². The van der Waals surface area contributed by atoms with Crippen LogP contribution in [0.5, 0.6) is 0 Å². The fourth-order valence-electron chi connectivity index (χ4n) is 5.31. The van der Waals surface area contributed by atoms with E-state index in [1.54, 1.807) is 0 Å². The number of alkyl halides is 1. The zero-order chi connectivity index (χ0) is 14.5. The van der Waals surface area contributed by atoms with Gasteiger partial charge in [0.05, 0.1) is 5.41 Å². The summed E-state index contributed by atoms with van der Waals surface area (Å²) in [5, 5.41) is 3.30. The van der Waals surface area contributed by atoms with Gasteiger partial charge in [0.2, 0.25) is 5.91 Å². The molecule has 0 spiro atoms. The lowest BCUT2D eigenvalue weighted by Gasteiger charge is -2.59. The number of rotatable bonds is 4. The van der Waals surface area contributed by atoms with Crippen LogP contribution in [0.3, 0.4) is 0 Å². The Labute approximate surface area is 128 Å². The summed E-state index contributed by atoms with van der Waals surface area (Å²) in [6.07, 6.45) is 8.36. The van der Waals surface area contributed by atoms with Crippen molar-refractivity contribution in [1.82, 2.24) is 5.32 Å². The van der Waals surface area contributed by atoms with Gasteiger partial charge in [0.15, 0.2) is 0 Å². The van der Waals surface area contributed by atoms with Crippen LogP contribution in [0.4, 0.5) is 0 Å². The van der Waals surface area contributed by atoms with Gasteiger partial charge >= 0.3 is 0 Å². The summed E-state index contributed by atoms with van der Waals surface area (Å²) in [5.74, 6) is 3.30. The predicted octanol–water partition coefficient (Wildman–Crippen LogP) is 3.97. The molecule has 1 unspecified atom stereocenters. The summed E-state index contributed by atoms with van der Waals surface area (Å²) >= 11 is 5.93. The summed E-state index contributed by atoms with van der Waals surface area (Å²) in [6, 6.07) is 0.297. The fourth-order valence-corrected chi connectivity index (χ4v) is 5.44. The monoisotopic (exact) mass is 297 g/mol. The first kappa shape index (κ1) is 14.7. The summed E-state index contributed by atoms with van der Waals surface area (Å²) < 4.78 is 0.